The molecule has 0 atom stereocenters. The number of hydrogen-bond donors (Lipinski definition) is 1. The fraction of sp³-hybridized carbons (Fsp3) is 0.125. The number of carbonyl (C=O) groups excluding carboxylic acids is 1. The summed E-state index contributed by atoms with van der Waals surface area (Å²) in [4.78, 5) is 11.9. The summed E-state index contributed by atoms with van der Waals surface area (Å²) in [6.07, 6.45) is 0. The fourth-order valence-electron chi connectivity index (χ4n) is 1.82. The summed E-state index contributed by atoms with van der Waals surface area (Å²) in [5.41, 5.74) is 2.09. The lowest BCUT2D eigenvalue weighted by Gasteiger charge is -2.12. The van der Waals surface area contributed by atoms with E-state index in [1.807, 2.05) is 24.3 Å². The maximum atomic E-state index is 11.4. The molecule has 21 heavy (non-hydrogen) atoms. The first-order valence-electron chi connectivity index (χ1n) is 6.28. The Labute approximate surface area is 128 Å². The van der Waals surface area contributed by atoms with Gasteiger partial charge in [0.05, 0.1) is 25.5 Å². The molecule has 4 nitrogen and oxygen atoms in total. The minimum atomic E-state index is -0.370. The Morgan fingerprint density at radius 2 is 1.62 bits per heavy atom. The Hall–Kier alpha value is -2.40. The van der Waals surface area contributed by atoms with Gasteiger partial charge < -0.3 is 14.8 Å². The van der Waals surface area contributed by atoms with Crippen LogP contribution in [-0.2, 0) is 4.74 Å². The predicted molar refractivity (Wildman–Crippen MR) is 86.1 cm³/mol. The quantitative estimate of drug-likeness (QED) is 0.694. The normalized spacial score (nSPS) is 9.81. The van der Waals surface area contributed by atoms with Crippen LogP contribution in [0.4, 0.5) is 5.69 Å². The Morgan fingerprint density at radius 1 is 1.00 bits per heavy atom. The first-order valence-corrected chi connectivity index (χ1v) is 6.69. The summed E-state index contributed by atoms with van der Waals surface area (Å²) in [7, 11) is 2.96. The molecule has 5 heteroatoms. The smallest absolute Gasteiger partial charge is 0.337 e. The van der Waals surface area contributed by atoms with Gasteiger partial charge in [-0.3, -0.25) is 0 Å². The molecule has 0 aromatic heterocycles. The highest BCUT2D eigenvalue weighted by atomic mass is 32.1. The highest BCUT2D eigenvalue weighted by molar-refractivity contribution is 7.81. The van der Waals surface area contributed by atoms with E-state index >= 15 is 0 Å². The largest absolute Gasteiger partial charge is 0.495 e. The van der Waals surface area contributed by atoms with Gasteiger partial charge in [-0.1, -0.05) is 36.5 Å². The van der Waals surface area contributed by atoms with Crippen LogP contribution < -0.4 is 10.1 Å². The van der Waals surface area contributed by atoms with Crippen LogP contribution in [0.2, 0.25) is 0 Å². The number of benzene rings is 2. The van der Waals surface area contributed by atoms with Crippen molar-refractivity contribution in [2.24, 2.45) is 0 Å². The third-order valence-electron chi connectivity index (χ3n) is 2.92. The molecule has 0 amide bonds. The minimum Gasteiger partial charge on any atom is -0.495 e. The van der Waals surface area contributed by atoms with Gasteiger partial charge in [0.2, 0.25) is 0 Å². The van der Waals surface area contributed by atoms with Gasteiger partial charge >= 0.3 is 5.97 Å². The van der Waals surface area contributed by atoms with Crippen molar-refractivity contribution in [2.75, 3.05) is 19.5 Å². The summed E-state index contributed by atoms with van der Waals surface area (Å²) < 4.78 is 9.92. The third kappa shape index (κ3) is 3.58. The molecule has 1 N–H and O–H groups in total. The van der Waals surface area contributed by atoms with E-state index < -0.39 is 0 Å². The Morgan fingerprint density at radius 3 is 2.24 bits per heavy atom. The Balaban J connectivity index is 2.15. The predicted octanol–water partition coefficient (Wildman–Crippen LogP) is 3.27. The van der Waals surface area contributed by atoms with E-state index in [-0.39, 0.29) is 5.97 Å². The molecular weight excluding hydrogens is 286 g/mol. The average Bonchev–Trinajstić information content (AvgIpc) is 2.54. The van der Waals surface area contributed by atoms with E-state index in [0.29, 0.717) is 16.3 Å². The molecule has 0 saturated heterocycles. The summed E-state index contributed by atoms with van der Waals surface area (Å²) in [5.74, 6) is 0.344. The van der Waals surface area contributed by atoms with Crippen LogP contribution >= 0.6 is 12.2 Å². The first-order chi connectivity index (χ1) is 10.2. The zero-order valence-electron chi connectivity index (χ0n) is 11.8. The van der Waals surface area contributed by atoms with E-state index in [1.54, 1.807) is 31.4 Å². The van der Waals surface area contributed by atoms with Crippen LogP contribution in [0.3, 0.4) is 0 Å². The van der Waals surface area contributed by atoms with Gasteiger partial charge in [-0.25, -0.2) is 4.79 Å². The number of ether oxygens (including phenoxy) is 2. The second kappa shape index (κ2) is 6.85. The second-order valence-electron chi connectivity index (χ2n) is 4.22. The molecule has 2 rings (SSSR count). The lowest BCUT2D eigenvalue weighted by molar-refractivity contribution is 0.0600. The van der Waals surface area contributed by atoms with Gasteiger partial charge in [0, 0.05) is 5.56 Å². The molecule has 0 aliphatic heterocycles. The van der Waals surface area contributed by atoms with E-state index in [2.05, 4.69) is 10.1 Å². The molecule has 0 bridgehead atoms. The van der Waals surface area contributed by atoms with E-state index in [4.69, 9.17) is 17.0 Å². The average molecular weight is 301 g/mol. The van der Waals surface area contributed by atoms with Crippen molar-refractivity contribution in [1.29, 1.82) is 0 Å². The number of rotatable bonds is 4. The van der Waals surface area contributed by atoms with E-state index in [9.17, 15) is 4.79 Å². The molecule has 0 heterocycles. The zero-order chi connectivity index (χ0) is 15.2. The molecule has 0 unspecified atom stereocenters. The molecule has 0 fully saturated rings. The lowest BCUT2D eigenvalue weighted by Crippen LogP contribution is -2.11. The maximum Gasteiger partial charge on any atom is 0.337 e. The monoisotopic (exact) mass is 301 g/mol. The Kier molecular flexibility index (Phi) is 4.90. The van der Waals surface area contributed by atoms with Crippen LogP contribution in [0, 0.1) is 0 Å². The number of esters is 1. The number of thiocarbonyl (C=S) groups is 1. The van der Waals surface area contributed by atoms with Crippen LogP contribution in [0.25, 0.3) is 0 Å². The molecular formula is C16H15NO3S. The molecule has 0 radical (unpaired) electrons. The van der Waals surface area contributed by atoms with Gasteiger partial charge in [0.1, 0.15) is 10.7 Å². The van der Waals surface area contributed by atoms with Crippen molar-refractivity contribution in [3.63, 3.8) is 0 Å². The van der Waals surface area contributed by atoms with Gasteiger partial charge in [-0.2, -0.15) is 0 Å². The highest BCUT2D eigenvalue weighted by Crippen LogP contribution is 2.24. The molecule has 0 aliphatic rings. The SMILES string of the molecule is COC(=O)c1ccc(C(=S)Nc2ccccc2OC)cc1. The van der Waals surface area contributed by atoms with E-state index in [1.165, 1.54) is 7.11 Å². The first kappa shape index (κ1) is 15.0. The zero-order valence-corrected chi connectivity index (χ0v) is 12.6. The fourth-order valence-corrected chi connectivity index (χ4v) is 2.06. The molecule has 0 aliphatic carbocycles. The van der Waals surface area contributed by atoms with Gasteiger partial charge in [0.25, 0.3) is 0 Å². The summed E-state index contributed by atoms with van der Waals surface area (Å²) in [6.45, 7) is 0. The number of carbonyl (C=O) groups is 1. The topological polar surface area (TPSA) is 47.6 Å². The lowest BCUT2D eigenvalue weighted by atomic mass is 10.1. The molecule has 108 valence electrons. The number of hydrogen-bond acceptors (Lipinski definition) is 4. The van der Waals surface area contributed by atoms with Crippen molar-refractivity contribution < 1.29 is 14.3 Å². The standard InChI is InChI=1S/C16H15NO3S/c1-19-14-6-4-3-5-13(14)17-15(21)11-7-9-12(10-8-11)16(18)20-2/h3-10H,1-2H3,(H,17,21). The molecule has 0 saturated carbocycles. The second-order valence-corrected chi connectivity index (χ2v) is 4.63. The molecule has 2 aromatic rings. The van der Waals surface area contributed by atoms with Crippen LogP contribution in [0.5, 0.6) is 5.75 Å². The minimum absolute atomic E-state index is 0.370. The number of para-hydroxylation sites is 2. The van der Waals surface area contributed by atoms with E-state index in [0.717, 1.165) is 11.3 Å². The summed E-state index contributed by atoms with van der Waals surface area (Å²) in [5, 5.41) is 3.13. The van der Waals surface area contributed by atoms with Crippen molar-refractivity contribution in [3.8, 4) is 5.75 Å². The van der Waals surface area contributed by atoms with Crippen molar-refractivity contribution in [1.82, 2.24) is 0 Å². The number of anilines is 1. The highest BCUT2D eigenvalue weighted by Gasteiger charge is 2.08. The van der Waals surface area contributed by atoms with Gasteiger partial charge in [-0.05, 0) is 24.3 Å². The summed E-state index contributed by atoms with van der Waals surface area (Å²) >= 11 is 5.36. The third-order valence-corrected chi connectivity index (χ3v) is 3.26. The van der Waals surface area contributed by atoms with Crippen molar-refractivity contribution in [3.05, 3.63) is 59.7 Å². The van der Waals surface area contributed by atoms with Crippen LogP contribution in [0.15, 0.2) is 48.5 Å². The maximum absolute atomic E-state index is 11.4. The van der Waals surface area contributed by atoms with Gasteiger partial charge in [0.15, 0.2) is 0 Å². The molecule has 0 spiro atoms. The van der Waals surface area contributed by atoms with Crippen molar-refractivity contribution in [2.45, 2.75) is 0 Å². The van der Waals surface area contributed by atoms with Crippen LogP contribution in [0.1, 0.15) is 15.9 Å². The van der Waals surface area contributed by atoms with Crippen molar-refractivity contribution >= 4 is 28.9 Å². The van der Waals surface area contributed by atoms with Crippen LogP contribution in [-0.4, -0.2) is 25.2 Å². The Bertz CT molecular complexity index is 653. The van der Waals surface area contributed by atoms with Gasteiger partial charge in [-0.15, -0.1) is 0 Å². The molecule has 2 aromatic carbocycles. The summed E-state index contributed by atoms with van der Waals surface area (Å²) in [6, 6.07) is 14.4. The number of methoxy groups -OCH3 is 2. The number of nitrogens with one attached hydrogen (secondary N) is 1.